The molecule has 5 rings (SSSR count). The summed E-state index contributed by atoms with van der Waals surface area (Å²) in [6.07, 6.45) is 0. The van der Waals surface area contributed by atoms with Gasteiger partial charge in [0.25, 0.3) is 0 Å². The molecule has 0 bridgehead atoms. The largest absolute Gasteiger partial charge is 0.293 e. The van der Waals surface area contributed by atoms with E-state index >= 15 is 0 Å². The molecule has 1 aromatic heterocycles. The summed E-state index contributed by atoms with van der Waals surface area (Å²) < 4.78 is 0. The Labute approximate surface area is 225 Å². The highest BCUT2D eigenvalue weighted by Gasteiger charge is 2.25. The fourth-order valence-corrected chi connectivity index (χ4v) is 5.74. The molecule has 1 atom stereocenters. The Balaban J connectivity index is 1.47. The minimum absolute atomic E-state index is 0.271. The van der Waals surface area contributed by atoms with E-state index in [0.717, 1.165) is 32.7 Å². The third kappa shape index (κ3) is 7.50. The van der Waals surface area contributed by atoms with Crippen molar-refractivity contribution in [3.8, 4) is 0 Å². The lowest BCUT2D eigenvalue weighted by Gasteiger charge is -2.36. The van der Waals surface area contributed by atoms with Gasteiger partial charge >= 0.3 is 0 Å². The normalized spacial score (nSPS) is 12.2. The number of nitrogens with zero attached hydrogens (tertiary/aromatic N) is 2. The first-order valence-corrected chi connectivity index (χ1v) is 13.9. The molecule has 0 saturated carbocycles. The molecule has 0 fully saturated rings. The maximum Gasteiger partial charge on any atom is 0.0575 e. The summed E-state index contributed by atoms with van der Waals surface area (Å²) >= 11 is 1.87. The van der Waals surface area contributed by atoms with E-state index in [-0.39, 0.29) is 6.04 Å². The molecule has 186 valence electrons. The second-order valence-electron chi connectivity index (χ2n) is 9.55. The number of hydrogen-bond acceptors (Lipinski definition) is 3. The first-order chi connectivity index (χ1) is 18.3. The maximum atomic E-state index is 2.65. The van der Waals surface area contributed by atoms with E-state index in [1.54, 1.807) is 0 Å². The minimum atomic E-state index is 0.271. The van der Waals surface area contributed by atoms with Crippen LogP contribution in [0.25, 0.3) is 0 Å². The van der Waals surface area contributed by atoms with Gasteiger partial charge in [-0.2, -0.15) is 0 Å². The van der Waals surface area contributed by atoms with Gasteiger partial charge in [0.05, 0.1) is 6.04 Å². The smallest absolute Gasteiger partial charge is 0.0575 e. The average molecular weight is 503 g/mol. The van der Waals surface area contributed by atoms with Crippen LogP contribution in [0.2, 0.25) is 0 Å². The minimum Gasteiger partial charge on any atom is -0.293 e. The second kappa shape index (κ2) is 13.2. The van der Waals surface area contributed by atoms with Crippen LogP contribution in [0, 0.1) is 0 Å². The van der Waals surface area contributed by atoms with Crippen molar-refractivity contribution in [1.82, 2.24) is 9.80 Å². The summed E-state index contributed by atoms with van der Waals surface area (Å²) in [7, 11) is 0. The van der Waals surface area contributed by atoms with Crippen LogP contribution in [0.1, 0.15) is 33.2 Å². The van der Waals surface area contributed by atoms with E-state index in [1.807, 2.05) is 11.3 Å². The molecule has 0 N–H and O–H groups in total. The van der Waals surface area contributed by atoms with Gasteiger partial charge < -0.3 is 0 Å². The fourth-order valence-electron chi connectivity index (χ4n) is 4.89. The van der Waals surface area contributed by atoms with Crippen molar-refractivity contribution in [2.24, 2.45) is 0 Å². The monoisotopic (exact) mass is 502 g/mol. The molecule has 1 heterocycles. The highest BCUT2D eigenvalue weighted by molar-refractivity contribution is 7.10. The van der Waals surface area contributed by atoms with Crippen molar-refractivity contribution in [3.05, 3.63) is 166 Å². The summed E-state index contributed by atoms with van der Waals surface area (Å²) in [4.78, 5) is 6.68. The predicted octanol–water partition coefficient (Wildman–Crippen LogP) is 8.19. The second-order valence-corrected chi connectivity index (χ2v) is 10.5. The van der Waals surface area contributed by atoms with Crippen molar-refractivity contribution in [2.45, 2.75) is 32.2 Å². The van der Waals surface area contributed by atoms with Gasteiger partial charge in [0, 0.05) is 37.6 Å². The zero-order valence-corrected chi connectivity index (χ0v) is 22.0. The Morgan fingerprint density at radius 1 is 0.459 bits per heavy atom. The van der Waals surface area contributed by atoms with E-state index in [1.165, 1.54) is 27.1 Å². The van der Waals surface area contributed by atoms with E-state index in [0.29, 0.717) is 0 Å². The molecule has 5 aromatic rings. The van der Waals surface area contributed by atoms with Gasteiger partial charge in [0.2, 0.25) is 0 Å². The molecule has 0 spiro atoms. The third-order valence-electron chi connectivity index (χ3n) is 6.70. The quantitative estimate of drug-likeness (QED) is 0.170. The van der Waals surface area contributed by atoms with Gasteiger partial charge in [-0.3, -0.25) is 9.80 Å². The average Bonchev–Trinajstić information content (AvgIpc) is 3.48. The lowest BCUT2D eigenvalue weighted by molar-refractivity contribution is 0.119. The summed E-state index contributed by atoms with van der Waals surface area (Å²) in [6, 6.07) is 48.3. The van der Waals surface area contributed by atoms with E-state index in [4.69, 9.17) is 0 Å². The van der Waals surface area contributed by atoms with Gasteiger partial charge in [-0.25, -0.2) is 0 Å². The zero-order valence-electron chi connectivity index (χ0n) is 21.2. The van der Waals surface area contributed by atoms with Crippen LogP contribution in [0.3, 0.4) is 0 Å². The lowest BCUT2D eigenvalue weighted by atomic mass is 10.1. The van der Waals surface area contributed by atoms with Crippen LogP contribution in [-0.4, -0.2) is 16.3 Å². The third-order valence-corrected chi connectivity index (χ3v) is 7.67. The zero-order chi connectivity index (χ0) is 25.1. The molecule has 2 nitrogen and oxygen atoms in total. The summed E-state index contributed by atoms with van der Waals surface area (Å²) in [5, 5.41) is 2.21. The van der Waals surface area contributed by atoms with Gasteiger partial charge in [-0.1, -0.05) is 127 Å². The summed E-state index contributed by atoms with van der Waals surface area (Å²) in [5.41, 5.74) is 5.39. The molecule has 0 radical (unpaired) electrons. The Bertz CT molecular complexity index is 1210. The Hall–Kier alpha value is -3.50. The van der Waals surface area contributed by atoms with Gasteiger partial charge in [0.15, 0.2) is 0 Å². The summed E-state index contributed by atoms with van der Waals surface area (Å²) in [5.74, 6) is 0. The van der Waals surface area contributed by atoms with E-state index < -0.39 is 0 Å². The van der Waals surface area contributed by atoms with Crippen LogP contribution in [0.15, 0.2) is 139 Å². The van der Waals surface area contributed by atoms with E-state index in [2.05, 4.69) is 149 Å². The van der Waals surface area contributed by atoms with Crippen molar-refractivity contribution >= 4 is 11.3 Å². The molecule has 0 saturated heterocycles. The van der Waals surface area contributed by atoms with Crippen molar-refractivity contribution in [1.29, 1.82) is 0 Å². The van der Waals surface area contributed by atoms with Crippen molar-refractivity contribution in [2.75, 3.05) is 6.54 Å². The topological polar surface area (TPSA) is 6.48 Å². The van der Waals surface area contributed by atoms with Crippen molar-refractivity contribution in [3.63, 3.8) is 0 Å². The Morgan fingerprint density at radius 2 is 0.865 bits per heavy atom. The Morgan fingerprint density at radius 3 is 1.24 bits per heavy atom. The van der Waals surface area contributed by atoms with Crippen LogP contribution < -0.4 is 0 Å². The fraction of sp³-hybridized carbons (Fsp3) is 0.176. The van der Waals surface area contributed by atoms with Crippen LogP contribution in [-0.2, 0) is 26.2 Å². The predicted molar refractivity (Wildman–Crippen MR) is 156 cm³/mol. The van der Waals surface area contributed by atoms with Crippen LogP contribution in [0.5, 0.6) is 0 Å². The van der Waals surface area contributed by atoms with Gasteiger partial charge in [-0.05, 0) is 33.7 Å². The van der Waals surface area contributed by atoms with Crippen molar-refractivity contribution < 1.29 is 0 Å². The number of thiophene rings is 1. The van der Waals surface area contributed by atoms with Crippen LogP contribution >= 0.6 is 11.3 Å². The molecular weight excluding hydrogens is 468 g/mol. The molecule has 0 unspecified atom stereocenters. The molecule has 37 heavy (non-hydrogen) atoms. The standard InChI is InChI=1S/C34H34N2S/c1-5-14-29(15-6-1)24-35(25-30-16-7-2-8-17-30)28-33(34-22-13-23-37-34)36(26-31-18-9-3-10-19-31)27-32-20-11-4-12-21-32/h1-23,33H,24-28H2/t33-/m0/s1. The first-order valence-electron chi connectivity index (χ1n) is 13.0. The highest BCUT2D eigenvalue weighted by Crippen LogP contribution is 2.30. The first kappa shape index (κ1) is 25.2. The van der Waals surface area contributed by atoms with Gasteiger partial charge in [0.1, 0.15) is 0 Å². The molecule has 3 heteroatoms. The molecule has 0 aliphatic heterocycles. The number of benzene rings is 4. The SMILES string of the molecule is c1ccc(CN(Cc2ccccc2)C[C@@H](c2cccs2)N(Cc2ccccc2)Cc2ccccc2)cc1. The molecule has 4 aromatic carbocycles. The van der Waals surface area contributed by atoms with E-state index in [9.17, 15) is 0 Å². The maximum absolute atomic E-state index is 2.65. The molecule has 0 aliphatic carbocycles. The Kier molecular flexibility index (Phi) is 8.95. The highest BCUT2D eigenvalue weighted by atomic mass is 32.1. The molecule has 0 aliphatic rings. The molecule has 0 amide bonds. The summed E-state index contributed by atoms with van der Waals surface area (Å²) in [6.45, 7) is 4.60. The molecular formula is C34H34N2S. The lowest BCUT2D eigenvalue weighted by Crippen LogP contribution is -2.37. The van der Waals surface area contributed by atoms with Gasteiger partial charge in [-0.15, -0.1) is 11.3 Å². The van der Waals surface area contributed by atoms with Crippen LogP contribution in [0.4, 0.5) is 0 Å². The number of rotatable bonds is 12. The number of hydrogen-bond donors (Lipinski definition) is 0.